The van der Waals surface area contributed by atoms with E-state index in [-0.39, 0.29) is 16.7 Å². The molecule has 2 amide bonds. The van der Waals surface area contributed by atoms with E-state index in [4.69, 9.17) is 4.74 Å². The van der Waals surface area contributed by atoms with Crippen molar-refractivity contribution in [2.75, 3.05) is 59.0 Å². The van der Waals surface area contributed by atoms with E-state index in [0.717, 1.165) is 31.5 Å². The van der Waals surface area contributed by atoms with Gasteiger partial charge in [0, 0.05) is 39.3 Å². The molecule has 3 aliphatic rings. The zero-order valence-corrected chi connectivity index (χ0v) is 20.5. The Hall–Kier alpha value is -1.97. The molecule has 33 heavy (non-hydrogen) atoms. The normalized spacial score (nSPS) is 21.9. The summed E-state index contributed by atoms with van der Waals surface area (Å²) in [6.07, 6.45) is 2.18. The van der Waals surface area contributed by atoms with Crippen LogP contribution >= 0.6 is 0 Å². The first-order valence-corrected chi connectivity index (χ1v) is 13.4. The Morgan fingerprint density at radius 3 is 2.18 bits per heavy atom. The van der Waals surface area contributed by atoms with E-state index in [0.29, 0.717) is 64.3 Å². The van der Waals surface area contributed by atoms with Crippen LogP contribution in [-0.4, -0.2) is 98.7 Å². The zero-order chi connectivity index (χ0) is 23.6. The SMILES string of the molecule is Cc1ccc(C)c(S(=O)(=O)C2(C(=O)N3CCN(C(=O)CN4CCOCC4)CC3)CCCC2)c1. The second-order valence-electron chi connectivity index (χ2n) is 9.54. The van der Waals surface area contributed by atoms with Gasteiger partial charge >= 0.3 is 0 Å². The number of benzene rings is 1. The molecule has 1 aliphatic carbocycles. The van der Waals surface area contributed by atoms with Crippen LogP contribution in [-0.2, 0) is 24.2 Å². The maximum atomic E-state index is 13.9. The van der Waals surface area contributed by atoms with Gasteiger partial charge in [-0.3, -0.25) is 14.5 Å². The first kappa shape index (κ1) is 24.2. The summed E-state index contributed by atoms with van der Waals surface area (Å²) in [7, 11) is -3.84. The number of hydrogen-bond donors (Lipinski definition) is 0. The van der Waals surface area contributed by atoms with Crippen LogP contribution in [0.4, 0.5) is 0 Å². The third kappa shape index (κ3) is 4.68. The molecule has 182 valence electrons. The lowest BCUT2D eigenvalue weighted by atomic mass is 10.0. The van der Waals surface area contributed by atoms with Crippen LogP contribution in [0.25, 0.3) is 0 Å². The number of ether oxygens (including phenoxy) is 1. The molecule has 2 aliphatic heterocycles. The van der Waals surface area contributed by atoms with Crippen molar-refractivity contribution < 1.29 is 22.7 Å². The number of piperazine rings is 1. The van der Waals surface area contributed by atoms with Gasteiger partial charge in [0.05, 0.1) is 24.7 Å². The Morgan fingerprint density at radius 1 is 0.939 bits per heavy atom. The molecule has 9 heteroatoms. The lowest BCUT2D eigenvalue weighted by Gasteiger charge is -2.40. The Bertz CT molecular complexity index is 989. The monoisotopic (exact) mass is 477 g/mol. The molecule has 2 saturated heterocycles. The van der Waals surface area contributed by atoms with Gasteiger partial charge in [0.15, 0.2) is 14.6 Å². The van der Waals surface area contributed by atoms with E-state index < -0.39 is 14.6 Å². The number of carbonyl (C=O) groups excluding carboxylic acids is 2. The second-order valence-corrected chi connectivity index (χ2v) is 11.8. The zero-order valence-electron chi connectivity index (χ0n) is 19.7. The molecule has 0 bridgehead atoms. The third-order valence-electron chi connectivity index (χ3n) is 7.33. The Kier molecular flexibility index (Phi) is 7.12. The fraction of sp³-hybridized carbons (Fsp3) is 0.667. The van der Waals surface area contributed by atoms with Crippen molar-refractivity contribution in [1.82, 2.24) is 14.7 Å². The van der Waals surface area contributed by atoms with Crippen LogP contribution in [0.1, 0.15) is 36.8 Å². The first-order valence-electron chi connectivity index (χ1n) is 11.9. The van der Waals surface area contributed by atoms with E-state index in [1.165, 1.54) is 0 Å². The number of rotatable bonds is 5. The average molecular weight is 478 g/mol. The summed E-state index contributed by atoms with van der Waals surface area (Å²) >= 11 is 0. The first-order chi connectivity index (χ1) is 15.7. The maximum absolute atomic E-state index is 13.9. The molecule has 2 heterocycles. The van der Waals surface area contributed by atoms with Crippen molar-refractivity contribution in [3.05, 3.63) is 29.3 Å². The lowest BCUT2D eigenvalue weighted by molar-refractivity contribution is -0.142. The molecule has 1 saturated carbocycles. The summed E-state index contributed by atoms with van der Waals surface area (Å²) in [6, 6.07) is 5.40. The molecular formula is C24H35N3O5S. The van der Waals surface area contributed by atoms with Crippen molar-refractivity contribution in [3.8, 4) is 0 Å². The van der Waals surface area contributed by atoms with E-state index in [2.05, 4.69) is 4.90 Å². The molecule has 1 aromatic rings. The van der Waals surface area contributed by atoms with E-state index >= 15 is 0 Å². The topological polar surface area (TPSA) is 87.2 Å². The highest BCUT2D eigenvalue weighted by molar-refractivity contribution is 7.93. The van der Waals surface area contributed by atoms with E-state index in [1.807, 2.05) is 19.1 Å². The molecular weight excluding hydrogens is 442 g/mol. The summed E-state index contributed by atoms with van der Waals surface area (Å²) in [5.41, 5.74) is 1.55. The fourth-order valence-corrected chi connectivity index (χ4v) is 7.69. The molecule has 0 aromatic heterocycles. The van der Waals surface area contributed by atoms with Crippen molar-refractivity contribution >= 4 is 21.7 Å². The van der Waals surface area contributed by atoms with Gasteiger partial charge in [-0.1, -0.05) is 25.0 Å². The Morgan fingerprint density at radius 2 is 1.55 bits per heavy atom. The van der Waals surface area contributed by atoms with Crippen molar-refractivity contribution in [1.29, 1.82) is 0 Å². The fourth-order valence-electron chi connectivity index (χ4n) is 5.25. The van der Waals surface area contributed by atoms with Gasteiger partial charge in [0.2, 0.25) is 11.8 Å². The van der Waals surface area contributed by atoms with Gasteiger partial charge in [-0.2, -0.15) is 0 Å². The smallest absolute Gasteiger partial charge is 0.244 e. The molecule has 4 rings (SSSR count). The molecule has 0 N–H and O–H groups in total. The van der Waals surface area contributed by atoms with Gasteiger partial charge < -0.3 is 14.5 Å². The van der Waals surface area contributed by atoms with Crippen molar-refractivity contribution in [2.45, 2.75) is 49.2 Å². The largest absolute Gasteiger partial charge is 0.379 e. The predicted molar refractivity (Wildman–Crippen MR) is 125 cm³/mol. The van der Waals surface area contributed by atoms with Crippen LogP contribution in [0.2, 0.25) is 0 Å². The number of amides is 2. The number of sulfone groups is 1. The molecule has 0 spiro atoms. The van der Waals surface area contributed by atoms with Crippen LogP contribution in [0.15, 0.2) is 23.1 Å². The van der Waals surface area contributed by atoms with Crippen LogP contribution < -0.4 is 0 Å². The van der Waals surface area contributed by atoms with Crippen molar-refractivity contribution in [3.63, 3.8) is 0 Å². The second kappa shape index (κ2) is 9.72. The number of carbonyl (C=O) groups is 2. The van der Waals surface area contributed by atoms with Gasteiger partial charge in [0.25, 0.3) is 0 Å². The molecule has 0 atom stereocenters. The molecule has 8 nitrogen and oxygen atoms in total. The van der Waals surface area contributed by atoms with E-state index in [1.54, 1.807) is 22.8 Å². The van der Waals surface area contributed by atoms with Crippen molar-refractivity contribution in [2.24, 2.45) is 0 Å². The highest BCUT2D eigenvalue weighted by Gasteiger charge is 2.55. The summed E-state index contributed by atoms with van der Waals surface area (Å²) in [5, 5.41) is 0. The maximum Gasteiger partial charge on any atom is 0.244 e. The minimum absolute atomic E-state index is 0.0579. The van der Waals surface area contributed by atoms with Crippen LogP contribution in [0, 0.1) is 13.8 Å². The lowest BCUT2D eigenvalue weighted by Crippen LogP contribution is -2.59. The molecule has 1 aromatic carbocycles. The summed E-state index contributed by atoms with van der Waals surface area (Å²) in [6.45, 7) is 8.44. The number of aryl methyl sites for hydroxylation is 2. The van der Waals surface area contributed by atoms with Gasteiger partial charge in [0.1, 0.15) is 0 Å². The van der Waals surface area contributed by atoms with Gasteiger partial charge in [-0.25, -0.2) is 8.42 Å². The summed E-state index contributed by atoms with van der Waals surface area (Å²) in [4.78, 5) is 32.3. The highest BCUT2D eigenvalue weighted by atomic mass is 32.2. The number of morpholine rings is 1. The highest BCUT2D eigenvalue weighted by Crippen LogP contribution is 2.43. The van der Waals surface area contributed by atoms with Crippen LogP contribution in [0.5, 0.6) is 0 Å². The summed E-state index contributed by atoms with van der Waals surface area (Å²) < 4.78 is 31.7. The molecule has 0 unspecified atom stereocenters. The minimum atomic E-state index is -3.84. The molecule has 3 fully saturated rings. The van der Waals surface area contributed by atoms with E-state index in [9.17, 15) is 18.0 Å². The third-order valence-corrected chi connectivity index (χ3v) is 9.96. The Balaban J connectivity index is 1.47. The standard InChI is InChI=1S/C24H35N3O5S/c1-19-5-6-20(2)21(17-19)33(30,31)24(7-3-4-8-24)23(29)27-11-9-26(10-12-27)22(28)18-25-13-15-32-16-14-25/h5-6,17H,3-4,7-16,18H2,1-2H3. The van der Waals surface area contributed by atoms with Gasteiger partial charge in [-0.05, 0) is 43.9 Å². The molecule has 0 radical (unpaired) electrons. The number of hydrogen-bond acceptors (Lipinski definition) is 6. The summed E-state index contributed by atoms with van der Waals surface area (Å²) in [5.74, 6) is -0.233. The Labute approximate surface area is 196 Å². The quantitative estimate of drug-likeness (QED) is 0.637. The number of nitrogens with zero attached hydrogens (tertiary/aromatic N) is 3. The predicted octanol–water partition coefficient (Wildman–Crippen LogP) is 1.39. The van der Waals surface area contributed by atoms with Gasteiger partial charge in [-0.15, -0.1) is 0 Å². The minimum Gasteiger partial charge on any atom is -0.379 e. The average Bonchev–Trinajstić information content (AvgIpc) is 3.33. The van der Waals surface area contributed by atoms with Crippen LogP contribution in [0.3, 0.4) is 0 Å².